The summed E-state index contributed by atoms with van der Waals surface area (Å²) < 4.78 is 5.84. The molecular formula is C47H84O4. The van der Waals surface area contributed by atoms with Crippen LogP contribution in [0.3, 0.4) is 0 Å². The summed E-state index contributed by atoms with van der Waals surface area (Å²) in [6.45, 7) is 4.44. The van der Waals surface area contributed by atoms with Crippen LogP contribution in [0, 0.1) is 0 Å². The second-order valence-corrected chi connectivity index (χ2v) is 14.9. The molecule has 0 amide bonds. The van der Waals surface area contributed by atoms with Gasteiger partial charge in [0.1, 0.15) is 6.10 Å². The SMILES string of the molecule is CC/C=C\C/C=C\C/C=C\C/C=C\C(CCCCCC(=O)O)OC(=O)CCCCCCCCCCCCCCCCCCCCCCCCCC. The van der Waals surface area contributed by atoms with E-state index < -0.39 is 5.97 Å². The summed E-state index contributed by atoms with van der Waals surface area (Å²) >= 11 is 0. The van der Waals surface area contributed by atoms with Gasteiger partial charge in [0.05, 0.1) is 0 Å². The Kier molecular flexibility index (Phi) is 40.6. The van der Waals surface area contributed by atoms with Crippen LogP contribution >= 0.6 is 0 Å². The summed E-state index contributed by atoms with van der Waals surface area (Å²) in [5.74, 6) is -0.853. The van der Waals surface area contributed by atoms with Gasteiger partial charge in [-0.3, -0.25) is 9.59 Å². The van der Waals surface area contributed by atoms with E-state index in [0.29, 0.717) is 12.8 Å². The highest BCUT2D eigenvalue weighted by Crippen LogP contribution is 2.17. The van der Waals surface area contributed by atoms with E-state index in [1.165, 1.54) is 141 Å². The van der Waals surface area contributed by atoms with Gasteiger partial charge < -0.3 is 9.84 Å². The van der Waals surface area contributed by atoms with Crippen LogP contribution in [0.5, 0.6) is 0 Å². The second-order valence-electron chi connectivity index (χ2n) is 14.9. The lowest BCUT2D eigenvalue weighted by atomic mass is 10.0. The van der Waals surface area contributed by atoms with Gasteiger partial charge >= 0.3 is 11.9 Å². The average Bonchev–Trinajstić information content (AvgIpc) is 3.12. The first-order valence-electron chi connectivity index (χ1n) is 22.1. The summed E-state index contributed by atoms with van der Waals surface area (Å²) in [6.07, 6.45) is 57.5. The normalized spacial score (nSPS) is 12.7. The standard InChI is InChI=1S/C47H84O4/c1-3-5-7-9-11-13-15-16-17-18-19-20-21-22-23-24-25-26-27-29-31-33-35-40-44-47(50)51-45(42-38-36-39-43-46(48)49)41-37-34-32-30-28-14-12-10-8-6-4-2/h6,8,12,14,30,32,37,41,45H,3-5,7,9-11,13,15-29,31,33-36,38-40,42-44H2,1-2H3,(H,48,49)/b8-6-,14-12-,32-30-,41-37-. The molecule has 51 heavy (non-hydrogen) atoms. The minimum atomic E-state index is -0.748. The molecule has 0 saturated carbocycles. The van der Waals surface area contributed by atoms with Crippen LogP contribution in [-0.4, -0.2) is 23.1 Å². The van der Waals surface area contributed by atoms with Gasteiger partial charge in [-0.25, -0.2) is 0 Å². The van der Waals surface area contributed by atoms with E-state index in [0.717, 1.165) is 57.8 Å². The highest BCUT2D eigenvalue weighted by atomic mass is 16.5. The number of carboxylic acid groups (broad SMARTS) is 1. The molecule has 1 unspecified atom stereocenters. The van der Waals surface area contributed by atoms with Gasteiger partial charge in [0.25, 0.3) is 0 Å². The molecule has 0 saturated heterocycles. The number of esters is 1. The van der Waals surface area contributed by atoms with Gasteiger partial charge in [-0.1, -0.05) is 210 Å². The minimum absolute atomic E-state index is 0.105. The molecule has 4 nitrogen and oxygen atoms in total. The fraction of sp³-hybridized carbons (Fsp3) is 0.787. The molecule has 0 bridgehead atoms. The van der Waals surface area contributed by atoms with Gasteiger partial charge in [0.2, 0.25) is 0 Å². The molecule has 4 heteroatoms. The number of unbranched alkanes of at least 4 members (excludes halogenated alkanes) is 25. The molecule has 0 spiro atoms. The van der Waals surface area contributed by atoms with Gasteiger partial charge in [0.15, 0.2) is 0 Å². The Balaban J connectivity index is 3.82. The number of hydrogen-bond acceptors (Lipinski definition) is 3. The number of rotatable bonds is 40. The van der Waals surface area contributed by atoms with Gasteiger partial charge in [-0.2, -0.15) is 0 Å². The van der Waals surface area contributed by atoms with Gasteiger partial charge in [0, 0.05) is 12.8 Å². The minimum Gasteiger partial charge on any atom is -0.481 e. The maximum atomic E-state index is 12.6. The molecule has 0 aliphatic carbocycles. The summed E-state index contributed by atoms with van der Waals surface area (Å²) in [5, 5.41) is 8.89. The van der Waals surface area contributed by atoms with Crippen molar-refractivity contribution in [3.8, 4) is 0 Å². The Labute approximate surface area is 317 Å². The van der Waals surface area contributed by atoms with Crippen LogP contribution in [0.1, 0.15) is 232 Å². The second kappa shape index (κ2) is 42.3. The number of allylic oxidation sites excluding steroid dienone is 7. The van der Waals surface area contributed by atoms with Crippen molar-refractivity contribution in [3.05, 3.63) is 48.6 Å². The maximum absolute atomic E-state index is 12.6. The van der Waals surface area contributed by atoms with Gasteiger partial charge in [-0.05, 0) is 57.4 Å². The number of carbonyl (C=O) groups is 2. The molecule has 0 heterocycles. The smallest absolute Gasteiger partial charge is 0.306 e. The van der Waals surface area contributed by atoms with Gasteiger partial charge in [-0.15, -0.1) is 0 Å². The fourth-order valence-electron chi connectivity index (χ4n) is 6.57. The fourth-order valence-corrected chi connectivity index (χ4v) is 6.57. The third-order valence-corrected chi connectivity index (χ3v) is 9.80. The Morgan fingerprint density at radius 3 is 1.22 bits per heavy atom. The van der Waals surface area contributed by atoms with Crippen molar-refractivity contribution in [2.75, 3.05) is 0 Å². The molecule has 296 valence electrons. The lowest BCUT2D eigenvalue weighted by molar-refractivity contribution is -0.147. The predicted molar refractivity (Wildman–Crippen MR) is 222 cm³/mol. The molecule has 0 aromatic carbocycles. The largest absolute Gasteiger partial charge is 0.481 e. The van der Waals surface area contributed by atoms with Crippen molar-refractivity contribution in [1.29, 1.82) is 0 Å². The first kappa shape index (κ1) is 48.9. The Bertz CT molecular complexity index is 854. The van der Waals surface area contributed by atoms with E-state index in [1.807, 2.05) is 6.08 Å². The third-order valence-electron chi connectivity index (χ3n) is 9.80. The molecule has 0 aromatic heterocycles. The first-order chi connectivity index (χ1) is 25.1. The molecule has 0 aliphatic heterocycles. The number of ether oxygens (including phenoxy) is 1. The topological polar surface area (TPSA) is 63.6 Å². The van der Waals surface area contributed by atoms with Crippen molar-refractivity contribution in [2.45, 2.75) is 238 Å². The molecule has 0 aliphatic rings. The zero-order chi connectivity index (χ0) is 37.1. The van der Waals surface area contributed by atoms with E-state index >= 15 is 0 Å². The van der Waals surface area contributed by atoms with E-state index in [2.05, 4.69) is 56.4 Å². The Morgan fingerprint density at radius 2 is 0.804 bits per heavy atom. The average molecular weight is 713 g/mol. The zero-order valence-corrected chi connectivity index (χ0v) is 33.9. The van der Waals surface area contributed by atoms with Crippen LogP contribution < -0.4 is 0 Å². The van der Waals surface area contributed by atoms with Crippen molar-refractivity contribution >= 4 is 11.9 Å². The van der Waals surface area contributed by atoms with Crippen molar-refractivity contribution in [2.24, 2.45) is 0 Å². The summed E-state index contributed by atoms with van der Waals surface area (Å²) in [6, 6.07) is 0. The highest BCUT2D eigenvalue weighted by Gasteiger charge is 2.11. The maximum Gasteiger partial charge on any atom is 0.306 e. The van der Waals surface area contributed by atoms with Crippen molar-refractivity contribution < 1.29 is 19.4 Å². The zero-order valence-electron chi connectivity index (χ0n) is 33.9. The summed E-state index contributed by atoms with van der Waals surface area (Å²) in [4.78, 5) is 23.4. The predicted octanol–water partition coefficient (Wildman–Crippen LogP) is 15.5. The van der Waals surface area contributed by atoms with Crippen LogP contribution in [0.15, 0.2) is 48.6 Å². The van der Waals surface area contributed by atoms with Crippen LogP contribution in [-0.2, 0) is 14.3 Å². The van der Waals surface area contributed by atoms with Crippen LogP contribution in [0.4, 0.5) is 0 Å². The molecule has 0 aromatic rings. The monoisotopic (exact) mass is 713 g/mol. The van der Waals surface area contributed by atoms with E-state index in [1.54, 1.807) is 0 Å². The molecule has 0 radical (unpaired) electrons. The quantitative estimate of drug-likeness (QED) is 0.0390. The van der Waals surface area contributed by atoms with Crippen molar-refractivity contribution in [3.63, 3.8) is 0 Å². The van der Waals surface area contributed by atoms with E-state index in [-0.39, 0.29) is 18.5 Å². The molecular weight excluding hydrogens is 629 g/mol. The number of carboxylic acids is 1. The Morgan fingerprint density at radius 1 is 0.451 bits per heavy atom. The third kappa shape index (κ3) is 42.2. The molecule has 0 fully saturated rings. The lowest BCUT2D eigenvalue weighted by Crippen LogP contribution is -2.16. The lowest BCUT2D eigenvalue weighted by Gasteiger charge is -2.14. The number of aliphatic carboxylic acids is 1. The first-order valence-corrected chi connectivity index (χ1v) is 22.1. The summed E-state index contributed by atoms with van der Waals surface area (Å²) in [7, 11) is 0. The number of carbonyl (C=O) groups excluding carboxylic acids is 1. The van der Waals surface area contributed by atoms with E-state index in [9.17, 15) is 9.59 Å². The van der Waals surface area contributed by atoms with Crippen LogP contribution in [0.25, 0.3) is 0 Å². The van der Waals surface area contributed by atoms with Crippen LogP contribution in [0.2, 0.25) is 0 Å². The van der Waals surface area contributed by atoms with E-state index in [4.69, 9.17) is 9.84 Å². The molecule has 0 rings (SSSR count). The summed E-state index contributed by atoms with van der Waals surface area (Å²) in [5.41, 5.74) is 0. The Hall–Kier alpha value is -2.10. The number of hydrogen-bond donors (Lipinski definition) is 1. The van der Waals surface area contributed by atoms with Crippen molar-refractivity contribution in [1.82, 2.24) is 0 Å². The molecule has 1 atom stereocenters. The highest BCUT2D eigenvalue weighted by molar-refractivity contribution is 5.69. The molecule has 1 N–H and O–H groups in total.